The molecule has 0 aromatic heterocycles. The van der Waals surface area contributed by atoms with Gasteiger partial charge in [0.25, 0.3) is 0 Å². The Bertz CT molecular complexity index is 620. The highest BCUT2D eigenvalue weighted by Gasteiger charge is 2.46. The molecule has 1 aromatic carbocycles. The number of rotatable bonds is 8. The number of benzene rings is 1. The second-order valence-electron chi connectivity index (χ2n) is 6.91. The summed E-state index contributed by atoms with van der Waals surface area (Å²) in [5.41, 5.74) is -0.146. The minimum atomic E-state index is -1.47. The van der Waals surface area contributed by atoms with Gasteiger partial charge in [0.15, 0.2) is 12.0 Å². The lowest BCUT2D eigenvalue weighted by Crippen LogP contribution is -2.53. The van der Waals surface area contributed by atoms with Gasteiger partial charge in [0, 0.05) is 12.7 Å². The third kappa shape index (κ3) is 6.58. The van der Waals surface area contributed by atoms with Crippen LogP contribution in [0.15, 0.2) is 30.3 Å². The number of carbonyl (C=O) groups is 3. The zero-order valence-electron chi connectivity index (χ0n) is 16.9. The van der Waals surface area contributed by atoms with Crippen LogP contribution in [-0.4, -0.2) is 49.8 Å². The molecule has 0 radical (unpaired) electrons. The van der Waals surface area contributed by atoms with Crippen molar-refractivity contribution in [2.24, 2.45) is 5.92 Å². The van der Waals surface area contributed by atoms with Crippen molar-refractivity contribution in [2.45, 2.75) is 46.3 Å². The topological polar surface area (TPSA) is 82.1 Å². The first-order valence-corrected chi connectivity index (χ1v) is 8.96. The Morgan fingerprint density at radius 1 is 0.926 bits per heavy atom. The molecule has 0 aliphatic carbocycles. The van der Waals surface area contributed by atoms with Gasteiger partial charge in [0.1, 0.15) is 5.60 Å². The summed E-state index contributed by atoms with van der Waals surface area (Å²) in [6, 6.07) is 7.72. The number of hydrogen-bond donors (Lipinski definition) is 0. The van der Waals surface area contributed by atoms with Gasteiger partial charge in [-0.05, 0) is 46.8 Å². The second kappa shape index (κ2) is 9.94. The SMILES string of the molecule is CCOC(=O)C(C(=O)OCC)C(C(=O)OC(C)(C)C)N(C)c1ccccc1. The van der Waals surface area contributed by atoms with Crippen molar-refractivity contribution in [1.82, 2.24) is 0 Å². The molecule has 0 amide bonds. The van der Waals surface area contributed by atoms with Crippen molar-refractivity contribution < 1.29 is 28.6 Å². The second-order valence-corrected chi connectivity index (χ2v) is 6.91. The number of para-hydroxylation sites is 1. The highest BCUT2D eigenvalue weighted by atomic mass is 16.6. The van der Waals surface area contributed by atoms with E-state index in [0.717, 1.165) is 0 Å². The molecule has 0 spiro atoms. The van der Waals surface area contributed by atoms with Gasteiger partial charge in [0.2, 0.25) is 0 Å². The first kappa shape index (κ1) is 22.5. The van der Waals surface area contributed by atoms with Gasteiger partial charge in [-0.1, -0.05) is 18.2 Å². The Morgan fingerprint density at radius 2 is 1.41 bits per heavy atom. The molecule has 1 unspecified atom stereocenters. The predicted octanol–water partition coefficient (Wildman–Crippen LogP) is 2.58. The lowest BCUT2D eigenvalue weighted by molar-refractivity contribution is -0.171. The van der Waals surface area contributed by atoms with Crippen LogP contribution in [0.1, 0.15) is 34.6 Å². The van der Waals surface area contributed by atoms with Crippen LogP contribution in [0.25, 0.3) is 0 Å². The minimum absolute atomic E-state index is 0.0742. The summed E-state index contributed by atoms with van der Waals surface area (Å²) >= 11 is 0. The van der Waals surface area contributed by atoms with E-state index in [1.54, 1.807) is 65.9 Å². The Hall–Kier alpha value is -2.57. The fourth-order valence-electron chi connectivity index (χ4n) is 2.52. The molecule has 7 nitrogen and oxygen atoms in total. The molecular formula is C20H29NO6. The maximum atomic E-state index is 13.0. The number of likely N-dealkylation sites (N-methyl/N-ethyl adjacent to an activating group) is 1. The highest BCUT2D eigenvalue weighted by Crippen LogP contribution is 2.24. The number of anilines is 1. The van der Waals surface area contributed by atoms with Crippen molar-refractivity contribution >= 4 is 23.6 Å². The molecule has 150 valence electrons. The standard InChI is InChI=1S/C20H29NO6/c1-7-25-17(22)15(18(23)26-8-2)16(19(24)27-20(3,4)5)21(6)14-12-10-9-11-13-14/h9-13,15-16H,7-8H2,1-6H3. The zero-order valence-corrected chi connectivity index (χ0v) is 16.9. The molecule has 0 aliphatic rings. The fraction of sp³-hybridized carbons (Fsp3) is 0.550. The average Bonchev–Trinajstić information content (AvgIpc) is 2.58. The molecule has 1 atom stereocenters. The van der Waals surface area contributed by atoms with Crippen LogP contribution in [-0.2, 0) is 28.6 Å². The van der Waals surface area contributed by atoms with E-state index in [-0.39, 0.29) is 13.2 Å². The van der Waals surface area contributed by atoms with E-state index in [0.29, 0.717) is 5.69 Å². The molecule has 0 N–H and O–H groups in total. The molecule has 0 saturated carbocycles. The van der Waals surface area contributed by atoms with E-state index < -0.39 is 35.5 Å². The maximum absolute atomic E-state index is 13.0. The van der Waals surface area contributed by atoms with Crippen LogP contribution in [0.3, 0.4) is 0 Å². The normalized spacial score (nSPS) is 12.3. The first-order chi connectivity index (χ1) is 12.6. The fourth-order valence-corrected chi connectivity index (χ4v) is 2.52. The summed E-state index contributed by atoms with van der Waals surface area (Å²) in [5.74, 6) is -3.82. The Balaban J connectivity index is 3.39. The molecule has 1 rings (SSSR count). The van der Waals surface area contributed by atoms with E-state index in [1.165, 1.54) is 4.90 Å². The summed E-state index contributed by atoms with van der Waals surface area (Å²) < 4.78 is 15.6. The highest BCUT2D eigenvalue weighted by molar-refractivity contribution is 6.02. The van der Waals surface area contributed by atoms with Crippen LogP contribution >= 0.6 is 0 Å². The van der Waals surface area contributed by atoms with E-state index in [2.05, 4.69) is 0 Å². The monoisotopic (exact) mass is 379 g/mol. The van der Waals surface area contributed by atoms with Crippen molar-refractivity contribution in [3.05, 3.63) is 30.3 Å². The van der Waals surface area contributed by atoms with Gasteiger partial charge in [0.05, 0.1) is 13.2 Å². The summed E-state index contributed by atoms with van der Waals surface area (Å²) in [7, 11) is 1.62. The van der Waals surface area contributed by atoms with Crippen LogP contribution in [0, 0.1) is 5.92 Å². The summed E-state index contributed by atoms with van der Waals surface area (Å²) in [4.78, 5) is 39.6. The predicted molar refractivity (Wildman–Crippen MR) is 101 cm³/mol. The quantitative estimate of drug-likeness (QED) is 0.390. The largest absolute Gasteiger partial charge is 0.465 e. The zero-order chi connectivity index (χ0) is 20.6. The number of ether oxygens (including phenoxy) is 3. The van der Waals surface area contributed by atoms with Gasteiger partial charge >= 0.3 is 17.9 Å². The van der Waals surface area contributed by atoms with Crippen LogP contribution in [0.5, 0.6) is 0 Å². The van der Waals surface area contributed by atoms with Crippen LogP contribution in [0.4, 0.5) is 5.69 Å². The maximum Gasteiger partial charge on any atom is 0.330 e. The first-order valence-electron chi connectivity index (χ1n) is 8.96. The molecule has 1 aromatic rings. The molecule has 0 fully saturated rings. The lowest BCUT2D eigenvalue weighted by atomic mass is 9.97. The number of nitrogens with zero attached hydrogens (tertiary/aromatic N) is 1. The Labute approximate surface area is 160 Å². The molecule has 7 heteroatoms. The van der Waals surface area contributed by atoms with E-state index in [9.17, 15) is 14.4 Å². The minimum Gasteiger partial charge on any atom is -0.465 e. The van der Waals surface area contributed by atoms with Crippen LogP contribution < -0.4 is 4.90 Å². The van der Waals surface area contributed by atoms with Crippen molar-refractivity contribution in [2.75, 3.05) is 25.2 Å². The molecular weight excluding hydrogens is 350 g/mol. The Kier molecular flexibility index (Phi) is 8.28. The van der Waals surface area contributed by atoms with Gasteiger partial charge in [-0.2, -0.15) is 0 Å². The number of hydrogen-bond acceptors (Lipinski definition) is 7. The van der Waals surface area contributed by atoms with Crippen molar-refractivity contribution in [3.8, 4) is 0 Å². The molecule has 0 bridgehead atoms. The van der Waals surface area contributed by atoms with Crippen molar-refractivity contribution in [3.63, 3.8) is 0 Å². The van der Waals surface area contributed by atoms with Crippen LogP contribution in [0.2, 0.25) is 0 Å². The van der Waals surface area contributed by atoms with Gasteiger partial charge in [-0.15, -0.1) is 0 Å². The van der Waals surface area contributed by atoms with Gasteiger partial charge < -0.3 is 19.1 Å². The third-order valence-corrected chi connectivity index (χ3v) is 3.63. The summed E-state index contributed by atoms with van der Waals surface area (Å²) in [6.45, 7) is 8.55. The third-order valence-electron chi connectivity index (χ3n) is 3.63. The molecule has 27 heavy (non-hydrogen) atoms. The Morgan fingerprint density at radius 3 is 1.81 bits per heavy atom. The summed E-state index contributed by atoms with van der Waals surface area (Å²) in [6.07, 6.45) is 0. The summed E-state index contributed by atoms with van der Waals surface area (Å²) in [5, 5.41) is 0. The van der Waals surface area contributed by atoms with Gasteiger partial charge in [-0.3, -0.25) is 9.59 Å². The van der Waals surface area contributed by atoms with E-state index in [4.69, 9.17) is 14.2 Å². The van der Waals surface area contributed by atoms with E-state index >= 15 is 0 Å². The smallest absolute Gasteiger partial charge is 0.330 e. The average molecular weight is 379 g/mol. The number of esters is 3. The van der Waals surface area contributed by atoms with Crippen molar-refractivity contribution in [1.29, 1.82) is 0 Å². The van der Waals surface area contributed by atoms with Gasteiger partial charge in [-0.25, -0.2) is 4.79 Å². The lowest BCUT2D eigenvalue weighted by Gasteiger charge is -2.34. The number of carbonyl (C=O) groups excluding carboxylic acids is 3. The molecule has 0 heterocycles. The molecule has 0 saturated heterocycles. The molecule has 0 aliphatic heterocycles. The van der Waals surface area contributed by atoms with E-state index in [1.807, 2.05) is 6.07 Å².